The highest BCUT2D eigenvalue weighted by atomic mass is 32.2. The summed E-state index contributed by atoms with van der Waals surface area (Å²) in [6.45, 7) is 2.48. The minimum Gasteiger partial charge on any atom is -0.326 e. The Labute approximate surface area is 122 Å². The fraction of sp³-hybridized carbons (Fsp3) is 0.200. The summed E-state index contributed by atoms with van der Waals surface area (Å²) in [6.07, 6.45) is 1.87. The van der Waals surface area contributed by atoms with Crippen LogP contribution in [-0.2, 0) is 13.6 Å². The van der Waals surface area contributed by atoms with Crippen LogP contribution in [0.1, 0.15) is 11.3 Å². The van der Waals surface area contributed by atoms with Gasteiger partial charge in [-0.15, -0.1) is 0 Å². The fourth-order valence-corrected chi connectivity index (χ4v) is 3.37. The number of benzene rings is 1. The van der Waals surface area contributed by atoms with Gasteiger partial charge in [0.15, 0.2) is 0 Å². The molecule has 0 spiro atoms. The second kappa shape index (κ2) is 5.26. The van der Waals surface area contributed by atoms with Crippen molar-refractivity contribution in [2.75, 3.05) is 0 Å². The Hall–Kier alpha value is -1.85. The number of hydrogen-bond acceptors (Lipinski definition) is 4. The summed E-state index contributed by atoms with van der Waals surface area (Å²) in [5.74, 6) is 0. The van der Waals surface area contributed by atoms with E-state index in [0.717, 1.165) is 27.2 Å². The van der Waals surface area contributed by atoms with E-state index in [1.165, 1.54) is 4.90 Å². The van der Waals surface area contributed by atoms with Crippen LogP contribution in [0.25, 0.3) is 10.9 Å². The molecule has 5 heteroatoms. The third kappa shape index (κ3) is 2.30. The first-order valence-corrected chi connectivity index (χ1v) is 7.26. The highest BCUT2D eigenvalue weighted by Crippen LogP contribution is 2.35. The maximum Gasteiger partial charge on any atom is 0.0987 e. The van der Waals surface area contributed by atoms with Gasteiger partial charge in [0.05, 0.1) is 16.2 Å². The third-order valence-electron chi connectivity index (χ3n) is 3.19. The fourth-order valence-electron chi connectivity index (χ4n) is 2.21. The smallest absolute Gasteiger partial charge is 0.0987 e. The van der Waals surface area contributed by atoms with Crippen molar-refractivity contribution in [1.29, 1.82) is 0 Å². The SMILES string of the molecule is Cc1cc(Sc2c(CN)cnc3ccccc23)n(C)n1. The second-order valence-corrected chi connectivity index (χ2v) is 5.71. The Bertz CT molecular complexity index is 764. The Balaban J connectivity index is 2.16. The van der Waals surface area contributed by atoms with Crippen molar-refractivity contribution in [1.82, 2.24) is 14.8 Å². The molecular formula is C15H16N4S. The predicted octanol–water partition coefficient (Wildman–Crippen LogP) is 2.89. The van der Waals surface area contributed by atoms with E-state index in [2.05, 4.69) is 22.2 Å². The van der Waals surface area contributed by atoms with Crippen LogP contribution >= 0.6 is 11.8 Å². The molecule has 0 saturated carbocycles. The van der Waals surface area contributed by atoms with E-state index in [0.29, 0.717) is 6.54 Å². The maximum absolute atomic E-state index is 5.86. The van der Waals surface area contributed by atoms with Crippen LogP contribution in [0.3, 0.4) is 0 Å². The summed E-state index contributed by atoms with van der Waals surface area (Å²) in [4.78, 5) is 5.63. The topological polar surface area (TPSA) is 56.7 Å². The first-order valence-electron chi connectivity index (χ1n) is 6.44. The quantitative estimate of drug-likeness (QED) is 0.803. The average molecular weight is 284 g/mol. The van der Waals surface area contributed by atoms with Gasteiger partial charge in [0.2, 0.25) is 0 Å². The van der Waals surface area contributed by atoms with E-state index in [-0.39, 0.29) is 0 Å². The second-order valence-electron chi connectivity index (χ2n) is 4.68. The zero-order valence-electron chi connectivity index (χ0n) is 11.5. The van der Waals surface area contributed by atoms with E-state index in [4.69, 9.17) is 5.73 Å². The largest absolute Gasteiger partial charge is 0.326 e. The van der Waals surface area contributed by atoms with Gasteiger partial charge < -0.3 is 5.73 Å². The number of fused-ring (bicyclic) bond motifs is 1. The number of rotatable bonds is 3. The summed E-state index contributed by atoms with van der Waals surface area (Å²) in [7, 11) is 1.96. The lowest BCUT2D eigenvalue weighted by molar-refractivity contribution is 0.692. The molecule has 0 radical (unpaired) electrons. The molecule has 0 fully saturated rings. The number of nitrogens with two attached hydrogens (primary N) is 1. The molecule has 1 aromatic carbocycles. The molecular weight excluding hydrogens is 268 g/mol. The molecule has 0 aliphatic rings. The van der Waals surface area contributed by atoms with Crippen LogP contribution < -0.4 is 5.73 Å². The molecule has 2 heterocycles. The number of hydrogen-bond donors (Lipinski definition) is 1. The average Bonchev–Trinajstić information content (AvgIpc) is 2.77. The van der Waals surface area contributed by atoms with E-state index in [9.17, 15) is 0 Å². The van der Waals surface area contributed by atoms with Crippen LogP contribution in [0.4, 0.5) is 0 Å². The minimum absolute atomic E-state index is 0.483. The molecule has 2 aromatic heterocycles. The lowest BCUT2D eigenvalue weighted by Gasteiger charge is -2.10. The Morgan fingerprint density at radius 2 is 2.10 bits per heavy atom. The van der Waals surface area contributed by atoms with Crippen molar-refractivity contribution < 1.29 is 0 Å². The number of nitrogens with zero attached hydrogens (tertiary/aromatic N) is 3. The zero-order valence-corrected chi connectivity index (χ0v) is 12.3. The minimum atomic E-state index is 0.483. The highest BCUT2D eigenvalue weighted by Gasteiger charge is 2.12. The summed E-state index contributed by atoms with van der Waals surface area (Å²) < 4.78 is 1.90. The summed E-state index contributed by atoms with van der Waals surface area (Å²) >= 11 is 1.70. The number of pyridine rings is 1. The van der Waals surface area contributed by atoms with E-state index < -0.39 is 0 Å². The van der Waals surface area contributed by atoms with Crippen molar-refractivity contribution in [2.24, 2.45) is 12.8 Å². The van der Waals surface area contributed by atoms with Crippen molar-refractivity contribution in [3.8, 4) is 0 Å². The van der Waals surface area contributed by atoms with Crippen molar-refractivity contribution >= 4 is 22.7 Å². The van der Waals surface area contributed by atoms with Crippen LogP contribution in [0.5, 0.6) is 0 Å². The van der Waals surface area contributed by atoms with Crippen LogP contribution in [0.2, 0.25) is 0 Å². The maximum atomic E-state index is 5.86. The monoisotopic (exact) mass is 284 g/mol. The standard InChI is InChI=1S/C15H16N4S/c1-10-7-14(19(2)18-10)20-15-11(8-16)9-17-13-6-4-3-5-12(13)15/h3-7,9H,8,16H2,1-2H3. The van der Waals surface area contributed by atoms with Gasteiger partial charge in [0, 0.05) is 30.1 Å². The number of aryl methyl sites for hydroxylation is 2. The molecule has 0 atom stereocenters. The van der Waals surface area contributed by atoms with Gasteiger partial charge in [-0.1, -0.05) is 30.0 Å². The van der Waals surface area contributed by atoms with Gasteiger partial charge in [-0.05, 0) is 24.6 Å². The van der Waals surface area contributed by atoms with E-state index in [1.807, 2.05) is 43.0 Å². The Morgan fingerprint density at radius 1 is 1.30 bits per heavy atom. The van der Waals surface area contributed by atoms with Crippen LogP contribution in [0, 0.1) is 6.92 Å². The third-order valence-corrected chi connectivity index (χ3v) is 4.46. The van der Waals surface area contributed by atoms with Gasteiger partial charge in [-0.2, -0.15) is 5.10 Å². The molecule has 0 amide bonds. The molecule has 0 bridgehead atoms. The normalized spacial score (nSPS) is 11.2. The zero-order chi connectivity index (χ0) is 14.1. The lowest BCUT2D eigenvalue weighted by Crippen LogP contribution is -2.01. The number of aromatic nitrogens is 3. The Kier molecular flexibility index (Phi) is 3.46. The highest BCUT2D eigenvalue weighted by molar-refractivity contribution is 7.99. The van der Waals surface area contributed by atoms with Gasteiger partial charge in [0.25, 0.3) is 0 Å². The van der Waals surface area contributed by atoms with Crippen LogP contribution in [0.15, 0.2) is 46.5 Å². The van der Waals surface area contributed by atoms with Crippen molar-refractivity contribution in [2.45, 2.75) is 23.4 Å². The molecule has 0 saturated heterocycles. The van der Waals surface area contributed by atoms with Crippen molar-refractivity contribution in [3.63, 3.8) is 0 Å². The number of para-hydroxylation sites is 1. The van der Waals surface area contributed by atoms with Gasteiger partial charge in [-0.3, -0.25) is 9.67 Å². The first-order chi connectivity index (χ1) is 9.69. The summed E-state index contributed by atoms with van der Waals surface area (Å²) in [5, 5.41) is 6.64. The van der Waals surface area contributed by atoms with Crippen molar-refractivity contribution in [3.05, 3.63) is 47.8 Å². The molecule has 4 nitrogen and oxygen atoms in total. The molecule has 3 rings (SSSR count). The molecule has 2 N–H and O–H groups in total. The van der Waals surface area contributed by atoms with E-state index >= 15 is 0 Å². The molecule has 0 aliphatic heterocycles. The molecule has 3 aromatic rings. The summed E-state index contributed by atoms with van der Waals surface area (Å²) in [5.41, 5.74) is 8.93. The van der Waals surface area contributed by atoms with Crippen LogP contribution in [-0.4, -0.2) is 14.8 Å². The molecule has 20 heavy (non-hydrogen) atoms. The van der Waals surface area contributed by atoms with Gasteiger partial charge in [0.1, 0.15) is 0 Å². The molecule has 0 unspecified atom stereocenters. The first kappa shape index (κ1) is 13.1. The predicted molar refractivity (Wildman–Crippen MR) is 81.7 cm³/mol. The Morgan fingerprint density at radius 3 is 2.80 bits per heavy atom. The van der Waals surface area contributed by atoms with E-state index in [1.54, 1.807) is 11.8 Å². The molecule has 0 aliphatic carbocycles. The molecule has 102 valence electrons. The summed E-state index contributed by atoms with van der Waals surface area (Å²) in [6, 6.07) is 10.2. The van der Waals surface area contributed by atoms with Gasteiger partial charge in [-0.25, -0.2) is 0 Å². The van der Waals surface area contributed by atoms with Gasteiger partial charge >= 0.3 is 0 Å². The lowest BCUT2D eigenvalue weighted by atomic mass is 10.1.